The van der Waals surface area contributed by atoms with Crippen molar-refractivity contribution in [2.45, 2.75) is 5.60 Å². The van der Waals surface area contributed by atoms with E-state index in [4.69, 9.17) is 11.8 Å². The fourth-order valence-corrected chi connectivity index (χ4v) is 2.26. The van der Waals surface area contributed by atoms with Crippen molar-refractivity contribution in [3.05, 3.63) is 84.4 Å². The molecule has 0 saturated heterocycles. The molecule has 0 unspecified atom stereocenters. The fourth-order valence-electron chi connectivity index (χ4n) is 2.06. The topological polar surface area (TPSA) is 32.6 Å². The molecule has 0 aliphatic carbocycles. The second-order valence-electron chi connectivity index (χ2n) is 4.12. The Kier molecular flexibility index (Phi) is 4.15. The largest absolute Gasteiger partial charge is 0.374 e. The number of hydrogen-bond donors (Lipinski definition) is 1. The summed E-state index contributed by atoms with van der Waals surface area (Å²) in [5, 5.41) is 11.1. The van der Waals surface area contributed by atoms with Crippen LogP contribution >= 0.6 is 11.8 Å². The first kappa shape index (κ1) is 13.5. The first-order valence-electron chi connectivity index (χ1n) is 5.88. The third kappa shape index (κ3) is 2.46. The Hall–Kier alpha value is -1.90. The SMILES string of the molecule is C=C/C(=N\Cl)C(O)(c1ccccc1)c1ccccc1. The van der Waals surface area contributed by atoms with E-state index < -0.39 is 5.60 Å². The first-order valence-corrected chi connectivity index (χ1v) is 6.22. The van der Waals surface area contributed by atoms with Crippen LogP contribution in [0.1, 0.15) is 11.1 Å². The molecule has 2 nitrogen and oxygen atoms in total. The third-order valence-corrected chi connectivity index (χ3v) is 3.22. The predicted octanol–water partition coefficient (Wildman–Crippen LogP) is 3.70. The molecule has 0 radical (unpaired) electrons. The molecule has 0 spiro atoms. The molecule has 0 amide bonds. The van der Waals surface area contributed by atoms with Gasteiger partial charge in [-0.15, -0.1) is 0 Å². The second kappa shape index (κ2) is 5.83. The molecule has 0 saturated carbocycles. The van der Waals surface area contributed by atoms with Crippen LogP contribution in [0.2, 0.25) is 0 Å². The number of aliphatic hydroxyl groups is 1. The van der Waals surface area contributed by atoms with Crippen molar-refractivity contribution >= 4 is 17.5 Å². The molecular weight excluding hydrogens is 258 g/mol. The number of halogens is 1. The standard InChI is InChI=1S/C16H14ClNO/c1-2-15(18-17)16(19,13-9-5-3-6-10-13)14-11-7-4-8-12-14/h2-12,19H,1H2/b18-15+. The maximum Gasteiger partial charge on any atom is 0.158 e. The normalized spacial score (nSPS) is 12.2. The van der Waals surface area contributed by atoms with E-state index in [9.17, 15) is 5.11 Å². The minimum Gasteiger partial charge on any atom is -0.374 e. The van der Waals surface area contributed by atoms with Crippen molar-refractivity contribution in [1.29, 1.82) is 0 Å². The second-order valence-corrected chi connectivity index (χ2v) is 4.29. The zero-order valence-corrected chi connectivity index (χ0v) is 11.1. The molecule has 19 heavy (non-hydrogen) atoms. The van der Waals surface area contributed by atoms with Gasteiger partial charge in [0.2, 0.25) is 0 Å². The summed E-state index contributed by atoms with van der Waals surface area (Å²) in [7, 11) is 0. The Labute approximate surface area is 117 Å². The predicted molar refractivity (Wildman–Crippen MR) is 79.4 cm³/mol. The van der Waals surface area contributed by atoms with Gasteiger partial charge in [0.1, 0.15) is 0 Å². The summed E-state index contributed by atoms with van der Waals surface area (Å²) >= 11 is 5.61. The molecule has 0 bridgehead atoms. The molecule has 96 valence electrons. The monoisotopic (exact) mass is 271 g/mol. The molecule has 2 rings (SSSR count). The number of rotatable bonds is 4. The van der Waals surface area contributed by atoms with Crippen molar-refractivity contribution in [2.24, 2.45) is 4.51 Å². The summed E-state index contributed by atoms with van der Waals surface area (Å²) < 4.78 is 3.65. The van der Waals surface area contributed by atoms with Crippen molar-refractivity contribution in [3.63, 3.8) is 0 Å². The summed E-state index contributed by atoms with van der Waals surface area (Å²) in [5.41, 5.74) is 0.291. The Morgan fingerprint density at radius 3 is 1.74 bits per heavy atom. The van der Waals surface area contributed by atoms with Crippen LogP contribution in [0.3, 0.4) is 0 Å². The molecule has 2 aromatic carbocycles. The highest BCUT2D eigenvalue weighted by Crippen LogP contribution is 2.32. The Morgan fingerprint density at radius 1 is 1.00 bits per heavy atom. The lowest BCUT2D eigenvalue weighted by Crippen LogP contribution is -2.35. The van der Waals surface area contributed by atoms with Gasteiger partial charge < -0.3 is 5.11 Å². The quantitative estimate of drug-likeness (QED) is 0.845. The fraction of sp³-hybridized carbons (Fsp3) is 0.0625. The average molecular weight is 272 g/mol. The summed E-state index contributed by atoms with van der Waals surface area (Å²) in [6, 6.07) is 18.5. The zero-order valence-electron chi connectivity index (χ0n) is 10.3. The van der Waals surface area contributed by atoms with E-state index in [1.54, 1.807) is 0 Å². The van der Waals surface area contributed by atoms with Crippen molar-refractivity contribution in [1.82, 2.24) is 0 Å². The minimum absolute atomic E-state index is 0.298. The first-order chi connectivity index (χ1) is 9.23. The Bertz CT molecular complexity index is 539. The van der Waals surface area contributed by atoms with Crippen molar-refractivity contribution in [2.75, 3.05) is 0 Å². The van der Waals surface area contributed by atoms with Gasteiger partial charge in [-0.2, -0.15) is 4.51 Å². The number of nitrogens with zero attached hydrogens (tertiary/aromatic N) is 1. The molecule has 1 N–H and O–H groups in total. The highest BCUT2D eigenvalue weighted by atomic mass is 35.5. The van der Waals surface area contributed by atoms with E-state index >= 15 is 0 Å². The highest BCUT2D eigenvalue weighted by molar-refractivity contribution is 6.23. The lowest BCUT2D eigenvalue weighted by atomic mass is 9.82. The van der Waals surface area contributed by atoms with Crippen molar-refractivity contribution in [3.8, 4) is 0 Å². The Morgan fingerprint density at radius 2 is 1.42 bits per heavy atom. The molecule has 0 aliphatic rings. The number of benzene rings is 2. The van der Waals surface area contributed by atoms with Crippen LogP contribution in [0.5, 0.6) is 0 Å². The maximum atomic E-state index is 11.1. The van der Waals surface area contributed by atoms with Crippen LogP contribution in [0.4, 0.5) is 0 Å². The van der Waals surface area contributed by atoms with Gasteiger partial charge in [-0.05, 0) is 17.2 Å². The van der Waals surface area contributed by atoms with Crippen LogP contribution < -0.4 is 0 Å². The molecular formula is C16H14ClNO. The van der Waals surface area contributed by atoms with E-state index in [0.29, 0.717) is 16.8 Å². The summed E-state index contributed by atoms with van der Waals surface area (Å²) in [4.78, 5) is 0. The molecule has 0 aromatic heterocycles. The number of hydrogen-bond acceptors (Lipinski definition) is 2. The van der Waals surface area contributed by atoms with Gasteiger partial charge in [0.15, 0.2) is 5.60 Å². The van der Waals surface area contributed by atoms with Gasteiger partial charge in [-0.1, -0.05) is 67.2 Å². The van der Waals surface area contributed by atoms with Gasteiger partial charge in [0.25, 0.3) is 0 Å². The Balaban J connectivity index is 2.67. The van der Waals surface area contributed by atoms with Crippen molar-refractivity contribution < 1.29 is 5.11 Å². The lowest BCUT2D eigenvalue weighted by molar-refractivity contribution is 0.157. The van der Waals surface area contributed by atoms with E-state index in [1.165, 1.54) is 6.08 Å². The van der Waals surface area contributed by atoms with Gasteiger partial charge in [0.05, 0.1) is 5.71 Å². The smallest absolute Gasteiger partial charge is 0.158 e. The third-order valence-electron chi connectivity index (χ3n) is 3.04. The zero-order chi connectivity index (χ0) is 13.7. The highest BCUT2D eigenvalue weighted by Gasteiger charge is 2.35. The van der Waals surface area contributed by atoms with Crippen LogP contribution in [0, 0.1) is 0 Å². The molecule has 3 heteroatoms. The van der Waals surface area contributed by atoms with E-state index in [0.717, 1.165) is 0 Å². The minimum atomic E-state index is -1.40. The van der Waals surface area contributed by atoms with Gasteiger partial charge >= 0.3 is 0 Å². The maximum absolute atomic E-state index is 11.1. The van der Waals surface area contributed by atoms with Crippen LogP contribution in [0.25, 0.3) is 0 Å². The van der Waals surface area contributed by atoms with Crippen LogP contribution in [0.15, 0.2) is 77.8 Å². The summed E-state index contributed by atoms with van der Waals surface area (Å²) in [5.74, 6) is 0. The van der Waals surface area contributed by atoms with Gasteiger partial charge in [-0.3, -0.25) is 0 Å². The average Bonchev–Trinajstić information content (AvgIpc) is 2.50. The summed E-state index contributed by atoms with van der Waals surface area (Å²) in [6.07, 6.45) is 1.47. The molecule has 0 atom stereocenters. The summed E-state index contributed by atoms with van der Waals surface area (Å²) in [6.45, 7) is 3.67. The van der Waals surface area contributed by atoms with E-state index in [1.807, 2.05) is 60.7 Å². The van der Waals surface area contributed by atoms with Gasteiger partial charge in [-0.25, -0.2) is 0 Å². The van der Waals surface area contributed by atoms with E-state index in [-0.39, 0.29) is 0 Å². The molecule has 0 fully saturated rings. The van der Waals surface area contributed by atoms with Gasteiger partial charge in [0, 0.05) is 11.8 Å². The molecule has 2 aromatic rings. The lowest BCUT2D eigenvalue weighted by Gasteiger charge is -2.29. The molecule has 0 aliphatic heterocycles. The van der Waals surface area contributed by atoms with Crippen LogP contribution in [-0.2, 0) is 5.60 Å². The molecule has 0 heterocycles. The van der Waals surface area contributed by atoms with Crippen LogP contribution in [-0.4, -0.2) is 10.8 Å². The van der Waals surface area contributed by atoms with E-state index in [2.05, 4.69) is 11.1 Å².